The molecule has 0 aliphatic heterocycles. The van der Waals surface area contributed by atoms with Crippen molar-refractivity contribution in [1.82, 2.24) is 5.32 Å². The number of rotatable bonds is 6. The minimum Gasteiger partial charge on any atom is -0.465 e. The Labute approximate surface area is 105 Å². The molecule has 7 heteroatoms. The van der Waals surface area contributed by atoms with Gasteiger partial charge in [-0.1, -0.05) is 32.1 Å². The topological polar surface area (TPSA) is 113 Å². The molecule has 0 aromatic heterocycles. The van der Waals surface area contributed by atoms with Crippen LogP contribution in [0.15, 0.2) is 0 Å². The fourth-order valence-corrected chi connectivity index (χ4v) is 2.53. The van der Waals surface area contributed by atoms with Gasteiger partial charge in [-0.15, -0.1) is 0 Å². The minimum absolute atomic E-state index is 0.344. The van der Waals surface area contributed by atoms with E-state index in [1.807, 2.05) is 0 Å². The summed E-state index contributed by atoms with van der Waals surface area (Å²) in [7, 11) is 0. The van der Waals surface area contributed by atoms with E-state index in [0.717, 1.165) is 25.7 Å². The first-order chi connectivity index (χ1) is 8.49. The molecule has 0 radical (unpaired) electrons. The molecule has 18 heavy (non-hydrogen) atoms. The number of nitrogens with one attached hydrogen (secondary N) is 1. The fraction of sp³-hybridized carbons (Fsp3) is 0.909. The molecule has 1 amide bonds. The quantitative estimate of drug-likeness (QED) is 0.491. The Hall–Kier alpha value is -1.37. The highest BCUT2D eigenvalue weighted by Crippen LogP contribution is 2.28. The summed E-state index contributed by atoms with van der Waals surface area (Å²) in [6.45, 7) is -0.627. The normalized spacial score (nSPS) is 20.1. The summed E-state index contributed by atoms with van der Waals surface area (Å²) >= 11 is 0. The van der Waals surface area contributed by atoms with Gasteiger partial charge in [-0.05, 0) is 12.3 Å². The Kier molecular flexibility index (Phi) is 5.84. The lowest BCUT2D eigenvalue weighted by atomic mass is 9.83. The van der Waals surface area contributed by atoms with Gasteiger partial charge in [-0.25, -0.2) is 4.79 Å². The zero-order chi connectivity index (χ0) is 13.5. The zero-order valence-electron chi connectivity index (χ0n) is 10.2. The highest BCUT2D eigenvalue weighted by Gasteiger charge is 2.28. The fourth-order valence-electron chi connectivity index (χ4n) is 2.53. The highest BCUT2D eigenvalue weighted by atomic mass is 16.6. The summed E-state index contributed by atoms with van der Waals surface area (Å²) in [4.78, 5) is 20.4. The molecule has 0 bridgehead atoms. The van der Waals surface area contributed by atoms with Crippen LogP contribution in [-0.2, 0) is 0 Å². The van der Waals surface area contributed by atoms with Crippen LogP contribution in [0.5, 0.6) is 0 Å². The first-order valence-electron chi connectivity index (χ1n) is 6.28. The molecule has 1 aliphatic rings. The van der Waals surface area contributed by atoms with Crippen molar-refractivity contribution in [2.75, 3.05) is 6.54 Å². The van der Waals surface area contributed by atoms with Gasteiger partial charge in [0.1, 0.15) is 6.10 Å². The van der Waals surface area contributed by atoms with Gasteiger partial charge < -0.3 is 15.5 Å². The number of nitrogens with zero attached hydrogens (tertiary/aromatic N) is 1. The van der Waals surface area contributed by atoms with Crippen molar-refractivity contribution in [3.63, 3.8) is 0 Å². The first kappa shape index (κ1) is 14.7. The van der Waals surface area contributed by atoms with Crippen molar-refractivity contribution in [1.29, 1.82) is 0 Å². The number of aliphatic hydroxyl groups is 1. The molecule has 0 heterocycles. The summed E-state index contributed by atoms with van der Waals surface area (Å²) in [5.41, 5.74) is 0. The Balaban J connectivity index is 2.52. The Morgan fingerprint density at radius 2 is 2.00 bits per heavy atom. The standard InChI is InChI=1S/C11H20N2O5/c14-10(7-13(17)18)9(12-11(15)16)6-8-4-2-1-3-5-8/h8-10,12,14H,1-7H2,(H,15,16)/t9-,10?/m0/s1. The second-order valence-corrected chi connectivity index (χ2v) is 4.88. The molecular weight excluding hydrogens is 240 g/mol. The van der Waals surface area contributed by atoms with Gasteiger partial charge >= 0.3 is 6.09 Å². The largest absolute Gasteiger partial charge is 0.465 e. The molecule has 0 aromatic rings. The molecule has 0 saturated heterocycles. The Morgan fingerprint density at radius 1 is 1.39 bits per heavy atom. The number of nitro groups is 1. The predicted octanol–water partition coefficient (Wildman–Crippen LogP) is 1.23. The average molecular weight is 260 g/mol. The van der Waals surface area contributed by atoms with Crippen LogP contribution >= 0.6 is 0 Å². The highest BCUT2D eigenvalue weighted by molar-refractivity contribution is 5.64. The van der Waals surface area contributed by atoms with Crippen molar-refractivity contribution >= 4 is 6.09 Å². The van der Waals surface area contributed by atoms with E-state index < -0.39 is 29.7 Å². The van der Waals surface area contributed by atoms with E-state index >= 15 is 0 Å². The van der Waals surface area contributed by atoms with Gasteiger partial charge in [-0.2, -0.15) is 0 Å². The van der Waals surface area contributed by atoms with Crippen LogP contribution in [0.3, 0.4) is 0 Å². The lowest BCUT2D eigenvalue weighted by Crippen LogP contribution is -2.46. The van der Waals surface area contributed by atoms with E-state index in [9.17, 15) is 20.0 Å². The average Bonchev–Trinajstić information content (AvgIpc) is 2.28. The molecule has 0 spiro atoms. The number of aliphatic hydroxyl groups excluding tert-OH is 1. The summed E-state index contributed by atoms with van der Waals surface area (Å²) in [6.07, 6.45) is 3.36. The van der Waals surface area contributed by atoms with Crippen LogP contribution in [0.2, 0.25) is 0 Å². The molecule has 1 aliphatic carbocycles. The number of amides is 1. The Morgan fingerprint density at radius 3 is 2.50 bits per heavy atom. The van der Waals surface area contributed by atoms with E-state index in [0.29, 0.717) is 12.3 Å². The second kappa shape index (κ2) is 7.15. The summed E-state index contributed by atoms with van der Waals surface area (Å²) in [6, 6.07) is -0.754. The van der Waals surface area contributed by atoms with E-state index in [1.165, 1.54) is 6.42 Å². The van der Waals surface area contributed by atoms with Crippen molar-refractivity contribution in [3.8, 4) is 0 Å². The van der Waals surface area contributed by atoms with E-state index in [4.69, 9.17) is 5.11 Å². The maximum atomic E-state index is 10.6. The third-order valence-corrected chi connectivity index (χ3v) is 3.42. The van der Waals surface area contributed by atoms with Crippen molar-refractivity contribution in [2.45, 2.75) is 50.7 Å². The lowest BCUT2D eigenvalue weighted by Gasteiger charge is -2.28. The molecule has 104 valence electrons. The molecule has 1 saturated carbocycles. The number of hydrogen-bond acceptors (Lipinski definition) is 4. The maximum Gasteiger partial charge on any atom is 0.404 e. The molecule has 1 unspecified atom stereocenters. The van der Waals surface area contributed by atoms with Crippen molar-refractivity contribution < 1.29 is 19.9 Å². The van der Waals surface area contributed by atoms with E-state index in [-0.39, 0.29) is 0 Å². The number of carboxylic acid groups (broad SMARTS) is 1. The molecule has 0 aromatic carbocycles. The summed E-state index contributed by atoms with van der Waals surface area (Å²) in [5, 5.41) is 31.0. The van der Waals surface area contributed by atoms with Crippen LogP contribution < -0.4 is 5.32 Å². The molecule has 1 fully saturated rings. The Bertz CT molecular complexity index is 291. The monoisotopic (exact) mass is 260 g/mol. The molecule has 2 atom stereocenters. The van der Waals surface area contributed by atoms with Gasteiger partial charge in [-0.3, -0.25) is 10.1 Å². The van der Waals surface area contributed by atoms with Gasteiger partial charge in [0.05, 0.1) is 6.04 Å². The van der Waals surface area contributed by atoms with Crippen LogP contribution in [0, 0.1) is 16.0 Å². The first-order valence-corrected chi connectivity index (χ1v) is 6.28. The number of carbonyl (C=O) groups is 1. The molecular formula is C11H20N2O5. The SMILES string of the molecule is O=C(O)N[C@@H](CC1CCCCC1)C(O)C[N+](=O)[O-]. The summed E-state index contributed by atoms with van der Waals surface area (Å²) in [5.74, 6) is 0.344. The minimum atomic E-state index is -1.27. The van der Waals surface area contributed by atoms with Gasteiger partial charge in [0.2, 0.25) is 6.54 Å². The zero-order valence-corrected chi connectivity index (χ0v) is 10.2. The third kappa shape index (κ3) is 5.31. The van der Waals surface area contributed by atoms with Crippen molar-refractivity contribution in [2.24, 2.45) is 5.92 Å². The molecule has 3 N–H and O–H groups in total. The van der Waals surface area contributed by atoms with Crippen LogP contribution in [-0.4, -0.2) is 39.9 Å². The molecule has 7 nitrogen and oxygen atoms in total. The van der Waals surface area contributed by atoms with Gasteiger partial charge in [0.15, 0.2) is 0 Å². The number of hydrogen-bond donors (Lipinski definition) is 3. The smallest absolute Gasteiger partial charge is 0.404 e. The van der Waals surface area contributed by atoms with Crippen molar-refractivity contribution in [3.05, 3.63) is 10.1 Å². The maximum absolute atomic E-state index is 10.6. The van der Waals surface area contributed by atoms with E-state index in [1.54, 1.807) is 0 Å². The van der Waals surface area contributed by atoms with Gasteiger partial charge in [0.25, 0.3) is 0 Å². The molecule has 1 rings (SSSR count). The predicted molar refractivity (Wildman–Crippen MR) is 64.0 cm³/mol. The van der Waals surface area contributed by atoms with Gasteiger partial charge in [0, 0.05) is 4.92 Å². The third-order valence-electron chi connectivity index (χ3n) is 3.42. The van der Waals surface area contributed by atoms with Crippen LogP contribution in [0.1, 0.15) is 38.5 Å². The van der Waals surface area contributed by atoms with Crippen LogP contribution in [0.25, 0.3) is 0 Å². The van der Waals surface area contributed by atoms with E-state index in [2.05, 4.69) is 5.32 Å². The lowest BCUT2D eigenvalue weighted by molar-refractivity contribution is -0.491. The summed E-state index contributed by atoms with van der Waals surface area (Å²) < 4.78 is 0. The second-order valence-electron chi connectivity index (χ2n) is 4.88. The van der Waals surface area contributed by atoms with Crippen LogP contribution in [0.4, 0.5) is 4.79 Å².